The lowest BCUT2D eigenvalue weighted by Gasteiger charge is -2.17. The van der Waals surface area contributed by atoms with E-state index >= 15 is 0 Å². The van der Waals surface area contributed by atoms with E-state index in [1.165, 1.54) is 64.4 Å². The maximum Gasteiger partial charge on any atom is 0.0353 e. The molecule has 1 aliphatic carbocycles. The van der Waals surface area contributed by atoms with Crippen LogP contribution in [0.1, 0.15) is 11.1 Å². The summed E-state index contributed by atoms with van der Waals surface area (Å²) in [5, 5.41) is 7.89. The molecule has 0 saturated heterocycles. The van der Waals surface area contributed by atoms with E-state index in [1.807, 2.05) is 24.2 Å². The minimum absolute atomic E-state index is 1.16. The molecule has 0 saturated carbocycles. The lowest BCUT2D eigenvalue weighted by Crippen LogP contribution is -1.90. The molecule has 0 aliphatic heterocycles. The average molecular weight is 440 g/mol. The van der Waals surface area contributed by atoms with E-state index < -0.39 is 0 Å². The van der Waals surface area contributed by atoms with Crippen molar-refractivity contribution in [1.82, 2.24) is 4.98 Å². The average Bonchev–Trinajstić information content (AvgIpc) is 3.30. The highest BCUT2D eigenvalue weighted by atomic mass is 32.2. The third-order valence-electron chi connectivity index (χ3n) is 6.89. The molecule has 156 valence electrons. The Morgan fingerprint density at radius 3 is 2.18 bits per heavy atom. The van der Waals surface area contributed by atoms with Gasteiger partial charge in [-0.05, 0) is 74.2 Å². The van der Waals surface area contributed by atoms with Gasteiger partial charge in [0.1, 0.15) is 0 Å². The van der Waals surface area contributed by atoms with Gasteiger partial charge < -0.3 is 0 Å². The molecule has 1 nitrogen and oxygen atoms in total. The molecule has 0 N–H and O–H groups in total. The number of aryl methyl sites for hydroxylation is 2. The van der Waals surface area contributed by atoms with Gasteiger partial charge in [0, 0.05) is 27.6 Å². The number of hydrogen-bond donors (Lipinski definition) is 0. The van der Waals surface area contributed by atoms with Gasteiger partial charge >= 0.3 is 0 Å². The number of benzene rings is 5. The summed E-state index contributed by atoms with van der Waals surface area (Å²) in [4.78, 5) is 7.16. The standard InChI is InChI=1S/C31H21NS/c1-2-7-20(8-3-1)30-23-10-4-5-11-24(23)31(25-17-18-32-19-27(25)30)33-28-16-15-22-14-13-21-9-6-12-26(28)29(21)22/h1-12,15-19H,13-14H2. The van der Waals surface area contributed by atoms with E-state index in [4.69, 9.17) is 0 Å². The van der Waals surface area contributed by atoms with Crippen molar-refractivity contribution in [1.29, 1.82) is 0 Å². The summed E-state index contributed by atoms with van der Waals surface area (Å²) in [5.74, 6) is 0. The first-order valence-corrected chi connectivity index (χ1v) is 12.3. The predicted molar refractivity (Wildman–Crippen MR) is 140 cm³/mol. The molecule has 0 radical (unpaired) electrons. The molecule has 1 aromatic heterocycles. The second-order valence-corrected chi connectivity index (χ2v) is 9.75. The van der Waals surface area contributed by atoms with Crippen LogP contribution in [0.25, 0.3) is 43.4 Å². The fraction of sp³-hybridized carbons (Fsp3) is 0.0645. The van der Waals surface area contributed by atoms with Crippen molar-refractivity contribution in [2.45, 2.75) is 22.6 Å². The van der Waals surface area contributed by atoms with Crippen LogP contribution in [-0.4, -0.2) is 4.98 Å². The summed E-state index contributed by atoms with van der Waals surface area (Å²) in [6, 6.07) is 33.2. The third-order valence-corrected chi connectivity index (χ3v) is 8.11. The summed E-state index contributed by atoms with van der Waals surface area (Å²) in [6.07, 6.45) is 6.26. The second kappa shape index (κ2) is 7.47. The SMILES string of the molecule is c1ccc(-c2c3ccccc3c(Sc3ccc4c5c(cccc35)CC4)c3ccncc23)cc1. The molecule has 5 aromatic carbocycles. The van der Waals surface area contributed by atoms with Crippen LogP contribution in [0.5, 0.6) is 0 Å². The normalized spacial score (nSPS) is 12.7. The highest BCUT2D eigenvalue weighted by Gasteiger charge is 2.19. The first-order valence-electron chi connectivity index (χ1n) is 11.4. The van der Waals surface area contributed by atoms with E-state index in [-0.39, 0.29) is 0 Å². The van der Waals surface area contributed by atoms with Crippen molar-refractivity contribution < 1.29 is 0 Å². The molecule has 0 atom stereocenters. The first kappa shape index (κ1) is 18.9. The maximum atomic E-state index is 4.53. The van der Waals surface area contributed by atoms with E-state index in [9.17, 15) is 0 Å². The van der Waals surface area contributed by atoms with Crippen molar-refractivity contribution in [3.8, 4) is 11.1 Å². The number of rotatable bonds is 3. The van der Waals surface area contributed by atoms with Gasteiger partial charge in [-0.2, -0.15) is 0 Å². The Morgan fingerprint density at radius 2 is 1.30 bits per heavy atom. The minimum Gasteiger partial charge on any atom is -0.264 e. The molecule has 2 heteroatoms. The lowest BCUT2D eigenvalue weighted by molar-refractivity contribution is 1.02. The Balaban J connectivity index is 1.54. The Labute approximate surface area is 197 Å². The second-order valence-electron chi connectivity index (χ2n) is 8.70. The molecule has 0 unspecified atom stereocenters. The van der Waals surface area contributed by atoms with E-state index in [0.717, 1.165) is 12.8 Å². The first-order chi connectivity index (χ1) is 16.4. The Kier molecular flexibility index (Phi) is 4.28. The molecule has 33 heavy (non-hydrogen) atoms. The number of hydrogen-bond acceptors (Lipinski definition) is 2. The number of nitrogens with zero attached hydrogens (tertiary/aromatic N) is 1. The van der Waals surface area contributed by atoms with Gasteiger partial charge in [-0.3, -0.25) is 4.98 Å². The van der Waals surface area contributed by atoms with Gasteiger partial charge in [0.05, 0.1) is 0 Å². The van der Waals surface area contributed by atoms with Gasteiger partial charge in [0.15, 0.2) is 0 Å². The van der Waals surface area contributed by atoms with Crippen molar-refractivity contribution in [2.75, 3.05) is 0 Å². The van der Waals surface area contributed by atoms with Crippen molar-refractivity contribution in [3.63, 3.8) is 0 Å². The van der Waals surface area contributed by atoms with Crippen LogP contribution in [-0.2, 0) is 12.8 Å². The molecule has 0 fully saturated rings. The lowest BCUT2D eigenvalue weighted by atomic mass is 9.93. The van der Waals surface area contributed by atoms with Crippen LogP contribution in [0.3, 0.4) is 0 Å². The van der Waals surface area contributed by atoms with Crippen LogP contribution >= 0.6 is 11.8 Å². The topological polar surface area (TPSA) is 12.9 Å². The molecular weight excluding hydrogens is 418 g/mol. The molecule has 6 aromatic rings. The Morgan fingerprint density at radius 1 is 0.576 bits per heavy atom. The van der Waals surface area contributed by atoms with Crippen LogP contribution < -0.4 is 0 Å². The fourth-order valence-corrected chi connectivity index (χ4v) is 6.64. The molecule has 0 amide bonds. The predicted octanol–water partition coefficient (Wildman–Crippen LogP) is 8.46. The van der Waals surface area contributed by atoms with Crippen LogP contribution in [0.15, 0.2) is 113 Å². The van der Waals surface area contributed by atoms with E-state index in [2.05, 4.69) is 96.0 Å². The van der Waals surface area contributed by atoms with Crippen molar-refractivity contribution in [2.24, 2.45) is 0 Å². The number of aromatic nitrogens is 1. The van der Waals surface area contributed by atoms with Gasteiger partial charge in [0.25, 0.3) is 0 Å². The zero-order valence-electron chi connectivity index (χ0n) is 18.1. The zero-order chi connectivity index (χ0) is 21.8. The van der Waals surface area contributed by atoms with Gasteiger partial charge in [-0.25, -0.2) is 0 Å². The molecular formula is C31H21NS. The van der Waals surface area contributed by atoms with Gasteiger partial charge in [-0.15, -0.1) is 0 Å². The summed E-state index contributed by atoms with van der Waals surface area (Å²) < 4.78 is 0. The van der Waals surface area contributed by atoms with Crippen LogP contribution in [0, 0.1) is 0 Å². The summed E-state index contributed by atoms with van der Waals surface area (Å²) in [6.45, 7) is 0. The van der Waals surface area contributed by atoms with Crippen molar-refractivity contribution in [3.05, 3.63) is 115 Å². The summed E-state index contributed by atoms with van der Waals surface area (Å²) in [7, 11) is 0. The largest absolute Gasteiger partial charge is 0.264 e. The molecule has 7 rings (SSSR count). The molecule has 1 heterocycles. The molecule has 1 aliphatic rings. The zero-order valence-corrected chi connectivity index (χ0v) is 18.9. The fourth-order valence-electron chi connectivity index (χ4n) is 5.43. The highest BCUT2D eigenvalue weighted by molar-refractivity contribution is 8.00. The minimum atomic E-state index is 1.16. The quantitative estimate of drug-likeness (QED) is 0.257. The van der Waals surface area contributed by atoms with E-state index in [0.29, 0.717) is 0 Å². The van der Waals surface area contributed by atoms with Gasteiger partial charge in [0.2, 0.25) is 0 Å². The molecule has 0 spiro atoms. The molecule has 0 bridgehead atoms. The highest BCUT2D eigenvalue weighted by Crippen LogP contribution is 2.47. The van der Waals surface area contributed by atoms with Crippen LogP contribution in [0.4, 0.5) is 0 Å². The summed E-state index contributed by atoms with van der Waals surface area (Å²) >= 11 is 1.90. The van der Waals surface area contributed by atoms with Crippen LogP contribution in [0.2, 0.25) is 0 Å². The number of pyridine rings is 1. The smallest absolute Gasteiger partial charge is 0.0353 e. The van der Waals surface area contributed by atoms with Gasteiger partial charge in [-0.1, -0.05) is 90.6 Å². The number of fused-ring (bicyclic) bond motifs is 2. The third kappa shape index (κ3) is 2.91. The Hall–Kier alpha value is -3.62. The Bertz CT molecular complexity index is 1620. The van der Waals surface area contributed by atoms with Crippen molar-refractivity contribution >= 4 is 44.1 Å². The monoisotopic (exact) mass is 439 g/mol. The maximum absolute atomic E-state index is 4.53. The van der Waals surface area contributed by atoms with E-state index in [1.54, 1.807) is 0 Å². The summed E-state index contributed by atoms with van der Waals surface area (Å²) in [5.41, 5.74) is 5.47.